The number of hydrogen-bond donors (Lipinski definition) is 2. The van der Waals surface area contributed by atoms with E-state index in [1.807, 2.05) is 30.3 Å². The molecule has 0 aliphatic carbocycles. The third-order valence-corrected chi connectivity index (χ3v) is 5.90. The quantitative estimate of drug-likeness (QED) is 0.743. The van der Waals surface area contributed by atoms with Crippen LogP contribution in [0.5, 0.6) is 11.5 Å². The fourth-order valence-electron chi connectivity index (χ4n) is 2.99. The minimum atomic E-state index is -0.813. The van der Waals surface area contributed by atoms with Crippen molar-refractivity contribution < 1.29 is 19.4 Å². The second-order valence-electron chi connectivity index (χ2n) is 6.85. The van der Waals surface area contributed by atoms with E-state index in [0.717, 1.165) is 22.6 Å². The number of carboxylic acids is 1. The van der Waals surface area contributed by atoms with Crippen molar-refractivity contribution in [3.05, 3.63) is 59.2 Å². The molecule has 6 heteroatoms. The number of methoxy groups -OCH3 is 1. The maximum absolute atomic E-state index is 11.2. The molecule has 3 rings (SSSR count). The number of thioether (sulfide) groups is 1. The molecular formula is C21H25NO4S. The van der Waals surface area contributed by atoms with Gasteiger partial charge in [0.1, 0.15) is 24.1 Å². The van der Waals surface area contributed by atoms with E-state index in [9.17, 15) is 4.79 Å². The van der Waals surface area contributed by atoms with E-state index in [1.54, 1.807) is 18.9 Å². The normalized spacial score (nSPS) is 19.3. The molecule has 2 aromatic carbocycles. The highest BCUT2D eigenvalue weighted by Gasteiger charge is 2.30. The van der Waals surface area contributed by atoms with E-state index in [1.165, 1.54) is 5.56 Å². The van der Waals surface area contributed by atoms with Gasteiger partial charge in [-0.25, -0.2) is 0 Å². The largest absolute Gasteiger partial charge is 0.496 e. The Morgan fingerprint density at radius 2 is 2.00 bits per heavy atom. The van der Waals surface area contributed by atoms with Crippen LogP contribution >= 0.6 is 11.8 Å². The van der Waals surface area contributed by atoms with Gasteiger partial charge in [0, 0.05) is 11.3 Å². The molecule has 0 aromatic heterocycles. The maximum atomic E-state index is 11.2. The number of nitrogens with one attached hydrogen (secondary N) is 1. The van der Waals surface area contributed by atoms with E-state index in [2.05, 4.69) is 31.3 Å². The summed E-state index contributed by atoms with van der Waals surface area (Å²) in [6.07, 6.45) is 0. The topological polar surface area (TPSA) is 67.8 Å². The molecule has 0 amide bonds. The zero-order valence-corrected chi connectivity index (χ0v) is 16.6. The first-order valence-corrected chi connectivity index (χ1v) is 10.0. The van der Waals surface area contributed by atoms with Gasteiger partial charge in [0.05, 0.1) is 12.5 Å². The molecule has 1 fully saturated rings. The predicted molar refractivity (Wildman–Crippen MR) is 108 cm³/mol. The van der Waals surface area contributed by atoms with E-state index in [4.69, 9.17) is 14.6 Å². The van der Waals surface area contributed by atoms with Gasteiger partial charge in [-0.1, -0.05) is 32.0 Å². The number of aliphatic carboxylic acids is 1. The Morgan fingerprint density at radius 3 is 2.59 bits per heavy atom. The van der Waals surface area contributed by atoms with Crippen LogP contribution < -0.4 is 14.8 Å². The van der Waals surface area contributed by atoms with E-state index < -0.39 is 12.0 Å². The highest BCUT2D eigenvalue weighted by molar-refractivity contribution is 7.99. The maximum Gasteiger partial charge on any atom is 0.321 e. The smallest absolute Gasteiger partial charge is 0.321 e. The first-order valence-electron chi connectivity index (χ1n) is 8.98. The fraction of sp³-hybridized carbons (Fsp3) is 0.381. The lowest BCUT2D eigenvalue weighted by atomic mass is 10.0. The molecular weight excluding hydrogens is 362 g/mol. The van der Waals surface area contributed by atoms with Crippen LogP contribution in [-0.4, -0.2) is 30.0 Å². The van der Waals surface area contributed by atoms with Gasteiger partial charge in [-0.15, -0.1) is 11.8 Å². The van der Waals surface area contributed by atoms with Crippen LogP contribution in [0.4, 0.5) is 0 Å². The average Bonchev–Trinajstić information content (AvgIpc) is 3.17. The van der Waals surface area contributed by atoms with Crippen molar-refractivity contribution in [1.82, 2.24) is 5.32 Å². The van der Waals surface area contributed by atoms with Gasteiger partial charge in [-0.2, -0.15) is 0 Å². The Balaban J connectivity index is 1.71. The Kier molecular flexibility index (Phi) is 6.29. The van der Waals surface area contributed by atoms with Crippen LogP contribution in [0.3, 0.4) is 0 Å². The molecule has 0 radical (unpaired) electrons. The molecule has 0 spiro atoms. The van der Waals surface area contributed by atoms with Crippen LogP contribution in [0, 0.1) is 0 Å². The molecule has 0 saturated carbocycles. The monoisotopic (exact) mass is 387 g/mol. The Labute approximate surface area is 164 Å². The minimum absolute atomic E-state index is 0.0407. The number of benzene rings is 2. The molecule has 1 saturated heterocycles. The lowest BCUT2D eigenvalue weighted by molar-refractivity contribution is -0.138. The molecule has 2 aromatic rings. The van der Waals surface area contributed by atoms with Crippen LogP contribution in [-0.2, 0) is 11.4 Å². The van der Waals surface area contributed by atoms with E-state index >= 15 is 0 Å². The molecule has 27 heavy (non-hydrogen) atoms. The van der Waals surface area contributed by atoms with Crippen molar-refractivity contribution in [2.45, 2.75) is 37.8 Å². The summed E-state index contributed by atoms with van der Waals surface area (Å²) in [6.45, 7) is 4.71. The average molecular weight is 388 g/mol. The summed E-state index contributed by atoms with van der Waals surface area (Å²) < 4.78 is 11.4. The second kappa shape index (κ2) is 8.67. The van der Waals surface area contributed by atoms with E-state index in [0.29, 0.717) is 18.3 Å². The zero-order chi connectivity index (χ0) is 19.4. The number of rotatable bonds is 7. The number of ether oxygens (including phenoxy) is 2. The second-order valence-corrected chi connectivity index (χ2v) is 7.99. The molecule has 2 N–H and O–H groups in total. The standard InChI is InChI=1S/C21H25NO4S/c1-13(2)14-4-7-17(8-5-14)26-11-16-10-15(6-9-19(16)25-3)20-22-18(12-27-20)21(23)24/h4-10,13,18,20,22H,11-12H2,1-3H3,(H,23,24)/t18-,20+/m1/s1. The van der Waals surface area contributed by atoms with Gasteiger partial charge in [-0.3, -0.25) is 10.1 Å². The number of carbonyl (C=O) groups is 1. The SMILES string of the molecule is COc1ccc([C@H]2N[C@@H](C(=O)O)CS2)cc1COc1ccc(C(C)C)cc1. The van der Waals surface area contributed by atoms with Gasteiger partial charge in [0.25, 0.3) is 0 Å². The van der Waals surface area contributed by atoms with Gasteiger partial charge >= 0.3 is 5.97 Å². The highest BCUT2D eigenvalue weighted by Crippen LogP contribution is 2.35. The van der Waals surface area contributed by atoms with Crippen LogP contribution in [0.1, 0.15) is 41.8 Å². The molecule has 144 valence electrons. The lowest BCUT2D eigenvalue weighted by Gasteiger charge is -2.16. The minimum Gasteiger partial charge on any atom is -0.496 e. The molecule has 0 bridgehead atoms. The summed E-state index contributed by atoms with van der Waals surface area (Å²) in [5, 5.41) is 12.3. The fourth-order valence-corrected chi connectivity index (χ4v) is 4.21. The van der Waals surface area contributed by atoms with Crippen LogP contribution in [0.15, 0.2) is 42.5 Å². The van der Waals surface area contributed by atoms with Crippen molar-refractivity contribution in [1.29, 1.82) is 0 Å². The molecule has 2 atom stereocenters. The van der Waals surface area contributed by atoms with Crippen molar-refractivity contribution in [2.24, 2.45) is 0 Å². The Morgan fingerprint density at radius 1 is 1.26 bits per heavy atom. The van der Waals surface area contributed by atoms with Crippen LogP contribution in [0.2, 0.25) is 0 Å². The first kappa shape index (κ1) is 19.6. The van der Waals surface area contributed by atoms with Gasteiger partial charge in [0.2, 0.25) is 0 Å². The first-order chi connectivity index (χ1) is 13.0. The molecule has 5 nitrogen and oxygen atoms in total. The molecule has 0 unspecified atom stereocenters. The van der Waals surface area contributed by atoms with Gasteiger partial charge in [-0.05, 0) is 41.3 Å². The highest BCUT2D eigenvalue weighted by atomic mass is 32.2. The summed E-state index contributed by atoms with van der Waals surface area (Å²) in [6, 6.07) is 13.5. The summed E-state index contributed by atoms with van der Waals surface area (Å²) in [4.78, 5) is 11.2. The lowest BCUT2D eigenvalue weighted by Crippen LogP contribution is -2.33. The summed E-state index contributed by atoms with van der Waals surface area (Å²) >= 11 is 1.60. The molecule has 1 aliphatic heterocycles. The van der Waals surface area contributed by atoms with Crippen molar-refractivity contribution in [3.63, 3.8) is 0 Å². The van der Waals surface area contributed by atoms with Gasteiger partial charge in [0.15, 0.2) is 0 Å². The number of hydrogen-bond acceptors (Lipinski definition) is 5. The predicted octanol–water partition coefficient (Wildman–Crippen LogP) is 4.19. The molecule has 1 heterocycles. The van der Waals surface area contributed by atoms with Crippen LogP contribution in [0.25, 0.3) is 0 Å². The molecule has 1 aliphatic rings. The third kappa shape index (κ3) is 4.76. The summed E-state index contributed by atoms with van der Waals surface area (Å²) in [5.74, 6) is 1.80. The summed E-state index contributed by atoms with van der Waals surface area (Å²) in [5.41, 5.74) is 3.24. The van der Waals surface area contributed by atoms with Crippen molar-refractivity contribution in [2.75, 3.05) is 12.9 Å². The third-order valence-electron chi connectivity index (χ3n) is 4.63. The van der Waals surface area contributed by atoms with Crippen molar-refractivity contribution in [3.8, 4) is 11.5 Å². The Hall–Kier alpha value is -2.18. The zero-order valence-electron chi connectivity index (χ0n) is 15.8. The van der Waals surface area contributed by atoms with Crippen molar-refractivity contribution >= 4 is 17.7 Å². The summed E-state index contributed by atoms with van der Waals surface area (Å²) in [7, 11) is 1.64. The number of carboxylic acid groups (broad SMARTS) is 1. The Bertz CT molecular complexity index is 791. The van der Waals surface area contributed by atoms with Gasteiger partial charge < -0.3 is 14.6 Å². The van der Waals surface area contributed by atoms with E-state index in [-0.39, 0.29) is 5.37 Å².